The van der Waals surface area contributed by atoms with Gasteiger partial charge in [-0.1, -0.05) is 22.6 Å². The maximum Gasteiger partial charge on any atom is 0.0816 e. The summed E-state index contributed by atoms with van der Waals surface area (Å²) < 4.78 is 18.1. The maximum atomic E-state index is 6.00. The first-order valence-electron chi connectivity index (χ1n) is 5.89. The Morgan fingerprint density at radius 1 is 1.19 bits per heavy atom. The van der Waals surface area contributed by atoms with E-state index in [0.717, 1.165) is 30.5 Å². The van der Waals surface area contributed by atoms with E-state index in [2.05, 4.69) is 43.4 Å². The molecule has 0 radical (unpaired) electrons. The van der Waals surface area contributed by atoms with E-state index in [1.54, 1.807) is 0 Å². The summed E-state index contributed by atoms with van der Waals surface area (Å²) in [6, 6.07) is 0. The van der Waals surface area contributed by atoms with Gasteiger partial charge in [-0.05, 0) is 20.8 Å². The van der Waals surface area contributed by atoms with Gasteiger partial charge in [0, 0.05) is 30.5 Å². The highest BCUT2D eigenvalue weighted by molar-refractivity contribution is 14.1. The fraction of sp³-hybridized carbons (Fsp3) is 1.00. The molecule has 16 heavy (non-hydrogen) atoms. The van der Waals surface area contributed by atoms with Crippen LogP contribution in [0.1, 0.15) is 33.6 Å². The van der Waals surface area contributed by atoms with Gasteiger partial charge in [-0.25, -0.2) is 0 Å². The molecule has 0 aromatic rings. The van der Waals surface area contributed by atoms with E-state index in [1.807, 2.05) is 0 Å². The summed E-state index contributed by atoms with van der Waals surface area (Å²) in [6.45, 7) is 9.19. The Hall–Kier alpha value is 0.610. The molecule has 3 nitrogen and oxygen atoms in total. The molecule has 0 aliphatic carbocycles. The lowest BCUT2D eigenvalue weighted by molar-refractivity contribution is -0.119. The third-order valence-electron chi connectivity index (χ3n) is 2.67. The minimum absolute atomic E-state index is 0.0278. The first kappa shape index (κ1) is 14.7. The van der Waals surface area contributed by atoms with Gasteiger partial charge in [0.2, 0.25) is 0 Å². The van der Waals surface area contributed by atoms with Gasteiger partial charge in [-0.15, -0.1) is 0 Å². The van der Waals surface area contributed by atoms with Crippen LogP contribution in [0.2, 0.25) is 0 Å². The maximum absolute atomic E-state index is 6.00. The first-order chi connectivity index (χ1) is 7.47. The molecule has 0 spiro atoms. The molecular formula is C12H23IO3. The molecular weight excluding hydrogens is 319 g/mol. The summed E-state index contributed by atoms with van der Waals surface area (Å²) in [5.74, 6) is 0. The van der Waals surface area contributed by atoms with Crippen molar-refractivity contribution in [3.05, 3.63) is 0 Å². The number of halogens is 1. The van der Waals surface area contributed by atoms with Gasteiger partial charge in [0.05, 0.1) is 24.4 Å². The van der Waals surface area contributed by atoms with Crippen molar-refractivity contribution in [2.75, 3.05) is 30.9 Å². The highest BCUT2D eigenvalue weighted by Crippen LogP contribution is 2.27. The average molecular weight is 342 g/mol. The second-order valence-electron chi connectivity index (χ2n) is 5.24. The molecule has 4 heteroatoms. The van der Waals surface area contributed by atoms with Gasteiger partial charge in [-0.2, -0.15) is 0 Å². The predicted octanol–water partition coefficient (Wildman–Crippen LogP) is 2.80. The van der Waals surface area contributed by atoms with Crippen LogP contribution in [-0.2, 0) is 14.2 Å². The average Bonchev–Trinajstić information content (AvgIpc) is 2.25. The van der Waals surface area contributed by atoms with E-state index in [1.165, 1.54) is 0 Å². The summed E-state index contributed by atoms with van der Waals surface area (Å²) in [5.41, 5.74) is -0.0451. The third-order valence-corrected chi connectivity index (χ3v) is 4.06. The SMILES string of the molecule is CC(C)(C)OCCOC1(CI)CCOCC1. The number of ether oxygens (including phenoxy) is 3. The van der Waals surface area contributed by atoms with Crippen molar-refractivity contribution in [2.24, 2.45) is 0 Å². The Labute approximate surface area is 112 Å². The van der Waals surface area contributed by atoms with E-state index in [9.17, 15) is 0 Å². The normalized spacial score (nSPS) is 21.0. The first-order valence-corrected chi connectivity index (χ1v) is 7.42. The van der Waals surface area contributed by atoms with Crippen molar-refractivity contribution in [3.8, 4) is 0 Å². The Morgan fingerprint density at radius 2 is 1.81 bits per heavy atom. The molecule has 1 saturated heterocycles. The largest absolute Gasteiger partial charge is 0.381 e. The number of rotatable bonds is 5. The van der Waals surface area contributed by atoms with Crippen LogP contribution >= 0.6 is 22.6 Å². The molecule has 0 unspecified atom stereocenters. The third kappa shape index (κ3) is 5.29. The standard InChI is InChI=1S/C12H23IO3/c1-11(2,3)15-8-9-16-12(10-13)4-6-14-7-5-12/h4-10H2,1-3H3. The van der Waals surface area contributed by atoms with Crippen LogP contribution in [0.3, 0.4) is 0 Å². The zero-order valence-electron chi connectivity index (χ0n) is 10.6. The summed E-state index contributed by atoms with van der Waals surface area (Å²) in [5, 5.41) is 0. The summed E-state index contributed by atoms with van der Waals surface area (Å²) >= 11 is 2.41. The molecule has 0 bridgehead atoms. The summed E-state index contributed by atoms with van der Waals surface area (Å²) in [7, 11) is 0. The molecule has 1 rings (SSSR count). The lowest BCUT2D eigenvalue weighted by Crippen LogP contribution is -2.41. The lowest BCUT2D eigenvalue weighted by atomic mass is 9.97. The molecule has 0 aromatic heterocycles. The van der Waals surface area contributed by atoms with Crippen LogP contribution < -0.4 is 0 Å². The second-order valence-corrected chi connectivity index (χ2v) is 6.00. The summed E-state index contributed by atoms with van der Waals surface area (Å²) in [6.07, 6.45) is 2.01. The van der Waals surface area contributed by atoms with Crippen LogP contribution in [0.4, 0.5) is 0 Å². The highest BCUT2D eigenvalue weighted by atomic mass is 127. The number of hydrogen-bond donors (Lipinski definition) is 0. The van der Waals surface area contributed by atoms with Gasteiger partial charge >= 0.3 is 0 Å². The van der Waals surface area contributed by atoms with Crippen LogP contribution in [0.15, 0.2) is 0 Å². The molecule has 1 aliphatic rings. The number of alkyl halides is 1. The monoisotopic (exact) mass is 342 g/mol. The fourth-order valence-electron chi connectivity index (χ4n) is 1.67. The molecule has 0 atom stereocenters. The van der Waals surface area contributed by atoms with E-state index in [0.29, 0.717) is 13.2 Å². The van der Waals surface area contributed by atoms with Crippen molar-refractivity contribution in [3.63, 3.8) is 0 Å². The highest BCUT2D eigenvalue weighted by Gasteiger charge is 2.32. The second kappa shape index (κ2) is 6.52. The smallest absolute Gasteiger partial charge is 0.0816 e. The van der Waals surface area contributed by atoms with Crippen LogP contribution in [0.25, 0.3) is 0 Å². The Bertz CT molecular complexity index is 195. The zero-order valence-corrected chi connectivity index (χ0v) is 12.7. The van der Waals surface area contributed by atoms with Gasteiger partial charge in [0.15, 0.2) is 0 Å². The van der Waals surface area contributed by atoms with E-state index in [4.69, 9.17) is 14.2 Å². The topological polar surface area (TPSA) is 27.7 Å². The van der Waals surface area contributed by atoms with Crippen LogP contribution in [0, 0.1) is 0 Å². The van der Waals surface area contributed by atoms with E-state index >= 15 is 0 Å². The Kier molecular flexibility index (Phi) is 5.98. The molecule has 1 aliphatic heterocycles. The van der Waals surface area contributed by atoms with Crippen molar-refractivity contribution in [2.45, 2.75) is 44.8 Å². The predicted molar refractivity (Wildman–Crippen MR) is 73.3 cm³/mol. The minimum Gasteiger partial charge on any atom is -0.381 e. The Morgan fingerprint density at radius 3 is 2.31 bits per heavy atom. The van der Waals surface area contributed by atoms with Gasteiger partial charge in [0.25, 0.3) is 0 Å². The Balaban J connectivity index is 2.23. The van der Waals surface area contributed by atoms with E-state index < -0.39 is 0 Å². The lowest BCUT2D eigenvalue weighted by Gasteiger charge is -2.36. The van der Waals surface area contributed by atoms with Gasteiger partial charge < -0.3 is 14.2 Å². The zero-order chi connectivity index (χ0) is 12.1. The molecule has 1 heterocycles. The minimum atomic E-state index is -0.0729. The van der Waals surface area contributed by atoms with Gasteiger partial charge in [0.1, 0.15) is 0 Å². The number of hydrogen-bond acceptors (Lipinski definition) is 3. The molecule has 0 saturated carbocycles. The van der Waals surface area contributed by atoms with Crippen molar-refractivity contribution in [1.82, 2.24) is 0 Å². The van der Waals surface area contributed by atoms with Crippen molar-refractivity contribution in [1.29, 1.82) is 0 Å². The van der Waals surface area contributed by atoms with Crippen LogP contribution in [-0.4, -0.2) is 42.1 Å². The van der Waals surface area contributed by atoms with Crippen molar-refractivity contribution >= 4 is 22.6 Å². The van der Waals surface area contributed by atoms with Gasteiger partial charge in [-0.3, -0.25) is 0 Å². The fourth-order valence-corrected chi connectivity index (χ4v) is 2.65. The quantitative estimate of drug-likeness (QED) is 0.437. The molecule has 0 amide bonds. The van der Waals surface area contributed by atoms with Crippen molar-refractivity contribution < 1.29 is 14.2 Å². The molecule has 0 aromatic carbocycles. The molecule has 1 fully saturated rings. The molecule has 96 valence electrons. The van der Waals surface area contributed by atoms with E-state index in [-0.39, 0.29) is 11.2 Å². The van der Waals surface area contributed by atoms with Crippen LogP contribution in [0.5, 0.6) is 0 Å². The summed E-state index contributed by atoms with van der Waals surface area (Å²) in [4.78, 5) is 0. The molecule has 0 N–H and O–H groups in total.